The summed E-state index contributed by atoms with van der Waals surface area (Å²) in [6.45, 7) is 7.81. The van der Waals surface area contributed by atoms with Crippen LogP contribution in [0.15, 0.2) is 0 Å². The van der Waals surface area contributed by atoms with Gasteiger partial charge in [0.1, 0.15) is 0 Å². The molecular weight excluding hydrogens is 212 g/mol. The number of hydrogen-bond donors (Lipinski definition) is 1. The van der Waals surface area contributed by atoms with Crippen molar-refractivity contribution in [1.82, 2.24) is 0 Å². The molecule has 0 aliphatic heterocycles. The largest absolute Gasteiger partial charge is 0.467 e. The number of hydrogen-bond acceptors (Lipinski definition) is 5. The highest BCUT2D eigenvalue weighted by Crippen LogP contribution is 2.08. The van der Waals surface area contributed by atoms with E-state index in [2.05, 4.69) is 4.74 Å². The molecule has 0 bridgehead atoms. The van der Waals surface area contributed by atoms with Gasteiger partial charge in [0.2, 0.25) is 0 Å². The Balaban J connectivity index is 3.70. The summed E-state index contributed by atoms with van der Waals surface area (Å²) >= 11 is 0. The summed E-state index contributed by atoms with van der Waals surface area (Å²) < 4.78 is 15.0. The Kier molecular flexibility index (Phi) is 5.92. The Labute approximate surface area is 96.7 Å². The Bertz CT molecular complexity index is 217. The van der Waals surface area contributed by atoms with Gasteiger partial charge in [-0.15, -0.1) is 0 Å². The third-order valence-corrected chi connectivity index (χ3v) is 1.77. The third kappa shape index (κ3) is 6.76. The molecule has 1 atom stereocenters. The predicted molar refractivity (Wildman–Crippen MR) is 59.2 cm³/mol. The van der Waals surface area contributed by atoms with Gasteiger partial charge < -0.3 is 19.3 Å². The van der Waals surface area contributed by atoms with Crippen molar-refractivity contribution in [2.24, 2.45) is 0 Å². The summed E-state index contributed by atoms with van der Waals surface area (Å²) in [4.78, 5) is 11.1. The SMILES string of the molecule is COC(=O)C(C)(O)COCCOC(C)(C)C. The summed E-state index contributed by atoms with van der Waals surface area (Å²) in [7, 11) is 1.22. The van der Waals surface area contributed by atoms with Gasteiger partial charge in [-0.25, -0.2) is 4.79 Å². The van der Waals surface area contributed by atoms with E-state index in [1.165, 1.54) is 14.0 Å². The van der Waals surface area contributed by atoms with Crippen LogP contribution in [0.2, 0.25) is 0 Å². The van der Waals surface area contributed by atoms with Crippen LogP contribution in [0.4, 0.5) is 0 Å². The fraction of sp³-hybridized carbons (Fsp3) is 0.909. The normalized spacial score (nSPS) is 15.6. The van der Waals surface area contributed by atoms with Crippen LogP contribution in [0.5, 0.6) is 0 Å². The Morgan fingerprint density at radius 2 is 1.75 bits per heavy atom. The highest BCUT2D eigenvalue weighted by atomic mass is 16.6. The van der Waals surface area contributed by atoms with E-state index < -0.39 is 11.6 Å². The molecule has 0 spiro atoms. The minimum Gasteiger partial charge on any atom is -0.467 e. The molecular formula is C11H22O5. The molecule has 0 saturated carbocycles. The molecule has 0 saturated heterocycles. The summed E-state index contributed by atoms with van der Waals surface area (Å²) in [6, 6.07) is 0. The lowest BCUT2D eigenvalue weighted by atomic mass is 10.1. The molecule has 0 aliphatic carbocycles. The number of aliphatic hydroxyl groups is 1. The molecule has 0 aromatic rings. The van der Waals surface area contributed by atoms with Crippen molar-refractivity contribution in [3.63, 3.8) is 0 Å². The van der Waals surface area contributed by atoms with E-state index in [0.29, 0.717) is 13.2 Å². The molecule has 0 radical (unpaired) electrons. The highest BCUT2D eigenvalue weighted by molar-refractivity contribution is 5.78. The second kappa shape index (κ2) is 6.18. The molecule has 0 fully saturated rings. The zero-order valence-electron chi connectivity index (χ0n) is 10.7. The van der Waals surface area contributed by atoms with Crippen LogP contribution < -0.4 is 0 Å². The highest BCUT2D eigenvalue weighted by Gasteiger charge is 2.31. The summed E-state index contributed by atoms with van der Waals surface area (Å²) in [6.07, 6.45) is 0. The zero-order chi connectivity index (χ0) is 12.8. The van der Waals surface area contributed by atoms with Gasteiger partial charge in [0.15, 0.2) is 5.60 Å². The first-order valence-corrected chi connectivity index (χ1v) is 5.21. The molecule has 1 unspecified atom stereocenters. The maximum absolute atomic E-state index is 11.1. The number of esters is 1. The van der Waals surface area contributed by atoms with E-state index in [4.69, 9.17) is 9.47 Å². The van der Waals surface area contributed by atoms with E-state index in [9.17, 15) is 9.90 Å². The van der Waals surface area contributed by atoms with E-state index in [-0.39, 0.29) is 12.2 Å². The Hall–Kier alpha value is -0.650. The van der Waals surface area contributed by atoms with E-state index in [0.717, 1.165) is 0 Å². The number of rotatable bonds is 6. The fourth-order valence-electron chi connectivity index (χ4n) is 0.956. The van der Waals surface area contributed by atoms with Gasteiger partial charge in [-0.1, -0.05) is 0 Å². The maximum Gasteiger partial charge on any atom is 0.339 e. The van der Waals surface area contributed by atoms with Crippen molar-refractivity contribution in [1.29, 1.82) is 0 Å². The molecule has 0 amide bonds. The quantitative estimate of drug-likeness (QED) is 0.542. The minimum atomic E-state index is -1.60. The van der Waals surface area contributed by atoms with Crippen molar-refractivity contribution >= 4 is 5.97 Å². The molecule has 0 aliphatic rings. The van der Waals surface area contributed by atoms with Gasteiger partial charge in [0.25, 0.3) is 0 Å². The van der Waals surface area contributed by atoms with E-state index in [1.54, 1.807) is 0 Å². The van der Waals surface area contributed by atoms with Gasteiger partial charge in [-0.05, 0) is 27.7 Å². The number of ether oxygens (including phenoxy) is 3. The van der Waals surface area contributed by atoms with Gasteiger partial charge in [-0.3, -0.25) is 0 Å². The first kappa shape index (κ1) is 15.3. The lowest BCUT2D eigenvalue weighted by molar-refractivity contribution is -0.167. The summed E-state index contributed by atoms with van der Waals surface area (Å²) in [5.41, 5.74) is -1.81. The van der Waals surface area contributed by atoms with Crippen LogP contribution in [0.1, 0.15) is 27.7 Å². The average Bonchev–Trinajstić information content (AvgIpc) is 2.14. The molecule has 0 aromatic carbocycles. The van der Waals surface area contributed by atoms with Gasteiger partial charge >= 0.3 is 5.97 Å². The molecule has 5 heteroatoms. The maximum atomic E-state index is 11.1. The number of carbonyl (C=O) groups excluding carboxylic acids is 1. The van der Waals surface area contributed by atoms with Crippen molar-refractivity contribution in [2.75, 3.05) is 26.9 Å². The fourth-order valence-corrected chi connectivity index (χ4v) is 0.956. The van der Waals surface area contributed by atoms with E-state index >= 15 is 0 Å². The molecule has 0 aromatic heterocycles. The average molecular weight is 234 g/mol. The zero-order valence-corrected chi connectivity index (χ0v) is 10.7. The lowest BCUT2D eigenvalue weighted by Crippen LogP contribution is -2.41. The molecule has 0 heterocycles. The summed E-state index contributed by atoms with van der Waals surface area (Å²) in [5, 5.41) is 9.60. The van der Waals surface area contributed by atoms with Crippen LogP contribution >= 0.6 is 0 Å². The standard InChI is InChI=1S/C11H22O5/c1-10(2,3)16-7-6-15-8-11(4,13)9(12)14-5/h13H,6-8H2,1-5H3. The minimum absolute atomic E-state index is 0.104. The van der Waals surface area contributed by atoms with E-state index in [1.807, 2.05) is 20.8 Å². The Morgan fingerprint density at radius 1 is 1.19 bits per heavy atom. The van der Waals surface area contributed by atoms with Crippen molar-refractivity contribution in [3.8, 4) is 0 Å². The second-order valence-corrected chi connectivity index (χ2v) is 4.78. The lowest BCUT2D eigenvalue weighted by Gasteiger charge is -2.22. The van der Waals surface area contributed by atoms with Crippen molar-refractivity contribution < 1.29 is 24.1 Å². The van der Waals surface area contributed by atoms with Crippen LogP contribution in [-0.4, -0.2) is 49.2 Å². The molecule has 5 nitrogen and oxygen atoms in total. The molecule has 96 valence electrons. The predicted octanol–water partition coefficient (Wildman–Crippen LogP) is 0.742. The van der Waals surface area contributed by atoms with Gasteiger partial charge in [0, 0.05) is 0 Å². The topological polar surface area (TPSA) is 65.0 Å². The van der Waals surface area contributed by atoms with Crippen molar-refractivity contribution in [3.05, 3.63) is 0 Å². The molecule has 0 rings (SSSR count). The third-order valence-electron chi connectivity index (χ3n) is 1.77. The van der Waals surface area contributed by atoms with Gasteiger partial charge in [-0.2, -0.15) is 0 Å². The van der Waals surface area contributed by atoms with Crippen LogP contribution in [0.25, 0.3) is 0 Å². The van der Waals surface area contributed by atoms with Gasteiger partial charge in [0.05, 0.1) is 32.5 Å². The van der Waals surface area contributed by atoms with Crippen molar-refractivity contribution in [2.45, 2.75) is 38.9 Å². The summed E-state index contributed by atoms with van der Waals surface area (Å²) in [5.74, 6) is -0.704. The second-order valence-electron chi connectivity index (χ2n) is 4.78. The molecule has 16 heavy (non-hydrogen) atoms. The number of methoxy groups -OCH3 is 1. The first-order chi connectivity index (χ1) is 7.19. The smallest absolute Gasteiger partial charge is 0.339 e. The monoisotopic (exact) mass is 234 g/mol. The Morgan fingerprint density at radius 3 is 2.19 bits per heavy atom. The van der Waals surface area contributed by atoms with Crippen LogP contribution in [-0.2, 0) is 19.0 Å². The number of carbonyl (C=O) groups is 1. The van der Waals surface area contributed by atoms with Crippen LogP contribution in [0.3, 0.4) is 0 Å². The molecule has 1 N–H and O–H groups in total. The van der Waals surface area contributed by atoms with Crippen LogP contribution in [0, 0.1) is 0 Å². The first-order valence-electron chi connectivity index (χ1n) is 5.21.